The molecule has 1 aromatic carbocycles. The number of alkyl halides is 5. The van der Waals surface area contributed by atoms with Crippen molar-refractivity contribution >= 4 is 55.0 Å². The minimum absolute atomic E-state index is 0.0331. The molecular formula is C23H17BrF5N5O2S. The van der Waals surface area contributed by atoms with Gasteiger partial charge in [-0.15, -0.1) is 11.3 Å². The highest BCUT2D eigenvalue weighted by molar-refractivity contribution is 9.10. The number of primary amides is 1. The van der Waals surface area contributed by atoms with Crippen LogP contribution in [0.4, 0.5) is 27.6 Å². The predicted octanol–water partition coefficient (Wildman–Crippen LogP) is 6.49. The molecule has 0 saturated carbocycles. The molecule has 3 aromatic heterocycles. The number of nitrogens with one attached hydrogen (secondary N) is 1. The van der Waals surface area contributed by atoms with Crippen molar-refractivity contribution in [2.75, 3.05) is 5.32 Å². The number of nitrogens with zero attached hydrogens (tertiary/aromatic N) is 3. The molecule has 1 unspecified atom stereocenters. The second-order valence-corrected chi connectivity index (χ2v) is 9.76. The number of pyridine rings is 1. The highest BCUT2D eigenvalue weighted by Crippen LogP contribution is 2.43. The van der Waals surface area contributed by atoms with Gasteiger partial charge >= 0.3 is 6.18 Å². The third-order valence-corrected chi connectivity index (χ3v) is 7.60. The van der Waals surface area contributed by atoms with E-state index in [1.165, 1.54) is 13.8 Å². The van der Waals surface area contributed by atoms with Gasteiger partial charge in [0.15, 0.2) is 5.69 Å². The molecule has 0 aliphatic rings. The lowest BCUT2D eigenvalue weighted by Crippen LogP contribution is -2.26. The molecule has 3 N–H and O–H groups in total. The van der Waals surface area contributed by atoms with E-state index in [1.54, 1.807) is 30.3 Å². The van der Waals surface area contributed by atoms with Crippen LogP contribution in [0.5, 0.6) is 0 Å². The lowest BCUT2D eigenvalue weighted by molar-refractivity contribution is -0.142. The molecule has 0 fully saturated rings. The van der Waals surface area contributed by atoms with Gasteiger partial charge in [-0.2, -0.15) is 18.3 Å². The standard InChI is InChI=1S/C23H17BrF5N5O2S/c1-9-15(24)18(23(27,28)29)33-34(9)10(2)21(36)32-16-14-12(11-6-4-3-5-7-11)8-13(19(25)26)31-22(14)37-17(16)20(30)35/h3-8,10,19H,1-2H3,(H2,30,35)(H,32,36). The monoisotopic (exact) mass is 601 g/mol. The Kier molecular flexibility index (Phi) is 7.08. The van der Waals surface area contributed by atoms with Crippen molar-refractivity contribution in [3.63, 3.8) is 0 Å². The van der Waals surface area contributed by atoms with Crippen molar-refractivity contribution in [2.24, 2.45) is 5.73 Å². The maximum atomic E-state index is 13.6. The number of thiophene rings is 1. The molecule has 2 amide bonds. The normalized spacial score (nSPS) is 12.8. The highest BCUT2D eigenvalue weighted by Gasteiger charge is 2.39. The Balaban J connectivity index is 1.86. The topological polar surface area (TPSA) is 103 Å². The van der Waals surface area contributed by atoms with Crippen LogP contribution in [0.15, 0.2) is 40.9 Å². The average molecular weight is 602 g/mol. The van der Waals surface area contributed by atoms with E-state index in [1.807, 2.05) is 0 Å². The zero-order valence-electron chi connectivity index (χ0n) is 19.0. The largest absolute Gasteiger partial charge is 0.436 e. The number of anilines is 1. The number of hydrogen-bond acceptors (Lipinski definition) is 5. The van der Waals surface area contributed by atoms with E-state index >= 15 is 0 Å². The van der Waals surface area contributed by atoms with Crippen molar-refractivity contribution in [3.05, 3.63) is 62.8 Å². The number of fused-ring (bicyclic) bond motifs is 1. The van der Waals surface area contributed by atoms with E-state index < -0.39 is 41.8 Å². The summed E-state index contributed by atoms with van der Waals surface area (Å²) >= 11 is 3.59. The summed E-state index contributed by atoms with van der Waals surface area (Å²) in [6, 6.07) is 8.30. The van der Waals surface area contributed by atoms with Crippen LogP contribution in [0, 0.1) is 6.92 Å². The van der Waals surface area contributed by atoms with Gasteiger partial charge in [0, 0.05) is 5.39 Å². The van der Waals surface area contributed by atoms with Crippen LogP contribution in [-0.4, -0.2) is 26.6 Å². The molecular weight excluding hydrogens is 585 g/mol. The van der Waals surface area contributed by atoms with Gasteiger partial charge in [-0.25, -0.2) is 13.8 Å². The smallest absolute Gasteiger partial charge is 0.365 e. The fourth-order valence-corrected chi connectivity index (χ4v) is 5.26. The fourth-order valence-electron chi connectivity index (χ4n) is 3.76. The molecule has 194 valence electrons. The van der Waals surface area contributed by atoms with Crippen molar-refractivity contribution in [1.82, 2.24) is 14.8 Å². The van der Waals surface area contributed by atoms with Crippen molar-refractivity contribution < 1.29 is 31.5 Å². The molecule has 4 rings (SSSR count). The lowest BCUT2D eigenvalue weighted by atomic mass is 10.0. The van der Waals surface area contributed by atoms with Gasteiger partial charge in [0.25, 0.3) is 12.3 Å². The van der Waals surface area contributed by atoms with Crippen LogP contribution in [0.25, 0.3) is 21.3 Å². The first-order valence-corrected chi connectivity index (χ1v) is 12.2. The number of amides is 2. The van der Waals surface area contributed by atoms with Crippen LogP contribution in [0.1, 0.15) is 46.1 Å². The highest BCUT2D eigenvalue weighted by atomic mass is 79.9. The number of hydrogen-bond donors (Lipinski definition) is 2. The molecule has 0 radical (unpaired) electrons. The van der Waals surface area contributed by atoms with Crippen LogP contribution < -0.4 is 11.1 Å². The van der Waals surface area contributed by atoms with Crippen LogP contribution in [0.2, 0.25) is 0 Å². The molecule has 14 heteroatoms. The Hall–Kier alpha value is -3.39. The van der Waals surface area contributed by atoms with Gasteiger partial charge in [0.2, 0.25) is 5.91 Å². The van der Waals surface area contributed by atoms with Gasteiger partial charge in [0.1, 0.15) is 21.4 Å². The fraction of sp³-hybridized carbons (Fsp3) is 0.217. The Labute approximate surface area is 218 Å². The molecule has 37 heavy (non-hydrogen) atoms. The molecule has 4 aromatic rings. The number of benzene rings is 1. The summed E-state index contributed by atoms with van der Waals surface area (Å²) in [7, 11) is 0. The number of nitrogens with two attached hydrogens (primary N) is 1. The summed E-state index contributed by atoms with van der Waals surface area (Å²) in [4.78, 5) is 29.3. The zero-order chi connectivity index (χ0) is 27.2. The third-order valence-electron chi connectivity index (χ3n) is 5.55. The zero-order valence-corrected chi connectivity index (χ0v) is 21.4. The molecule has 0 saturated heterocycles. The van der Waals surface area contributed by atoms with Crippen LogP contribution >= 0.6 is 27.3 Å². The van der Waals surface area contributed by atoms with E-state index in [2.05, 4.69) is 31.3 Å². The number of rotatable bonds is 6. The van der Waals surface area contributed by atoms with Crippen molar-refractivity contribution in [2.45, 2.75) is 32.5 Å². The van der Waals surface area contributed by atoms with Gasteiger partial charge in [0.05, 0.1) is 15.9 Å². The van der Waals surface area contributed by atoms with Gasteiger partial charge in [-0.05, 0) is 47.0 Å². The van der Waals surface area contributed by atoms with Gasteiger partial charge in [-0.3, -0.25) is 14.3 Å². The van der Waals surface area contributed by atoms with E-state index in [4.69, 9.17) is 5.73 Å². The Morgan fingerprint density at radius 3 is 2.38 bits per heavy atom. The number of halogens is 6. The molecule has 1 atom stereocenters. The van der Waals surface area contributed by atoms with E-state index in [0.717, 1.165) is 22.1 Å². The SMILES string of the molecule is Cc1c(Br)c(C(F)(F)F)nn1C(C)C(=O)Nc1c(C(N)=O)sc2nc(C(F)F)cc(-c3ccccc3)c12. The predicted molar refractivity (Wildman–Crippen MR) is 132 cm³/mol. The third kappa shape index (κ3) is 4.94. The first-order chi connectivity index (χ1) is 17.3. The maximum Gasteiger partial charge on any atom is 0.436 e. The second-order valence-electron chi connectivity index (χ2n) is 7.97. The number of carbonyl (C=O) groups excluding carboxylic acids is 2. The molecule has 0 aliphatic carbocycles. The van der Waals surface area contributed by atoms with E-state index in [9.17, 15) is 31.5 Å². The van der Waals surface area contributed by atoms with Gasteiger partial charge < -0.3 is 11.1 Å². The quantitative estimate of drug-likeness (QED) is 0.247. The number of aromatic nitrogens is 3. The first kappa shape index (κ1) is 26.7. The minimum atomic E-state index is -4.76. The molecule has 3 heterocycles. The Morgan fingerprint density at radius 1 is 1.19 bits per heavy atom. The summed E-state index contributed by atoms with van der Waals surface area (Å²) in [5.74, 6) is -1.76. The molecule has 0 aliphatic heterocycles. The molecule has 0 bridgehead atoms. The maximum absolute atomic E-state index is 13.6. The van der Waals surface area contributed by atoms with Crippen LogP contribution in [0.3, 0.4) is 0 Å². The lowest BCUT2D eigenvalue weighted by Gasteiger charge is -2.16. The molecule has 0 spiro atoms. The van der Waals surface area contributed by atoms with Crippen LogP contribution in [-0.2, 0) is 11.0 Å². The molecule has 7 nitrogen and oxygen atoms in total. The Morgan fingerprint density at radius 2 is 1.84 bits per heavy atom. The van der Waals surface area contributed by atoms with E-state index in [-0.39, 0.29) is 36.5 Å². The average Bonchev–Trinajstić information content (AvgIpc) is 3.36. The second kappa shape index (κ2) is 9.82. The summed E-state index contributed by atoms with van der Waals surface area (Å²) in [6.07, 6.45) is -7.67. The minimum Gasteiger partial charge on any atom is -0.365 e. The number of carbonyl (C=O) groups is 2. The van der Waals surface area contributed by atoms with Gasteiger partial charge in [-0.1, -0.05) is 30.3 Å². The summed E-state index contributed by atoms with van der Waals surface area (Å²) < 4.78 is 67.7. The van der Waals surface area contributed by atoms with E-state index in [0.29, 0.717) is 5.56 Å². The van der Waals surface area contributed by atoms with Crippen molar-refractivity contribution in [1.29, 1.82) is 0 Å². The summed E-state index contributed by atoms with van der Waals surface area (Å²) in [6.45, 7) is 2.68. The first-order valence-electron chi connectivity index (χ1n) is 10.5. The Bertz CT molecular complexity index is 1520. The summed E-state index contributed by atoms with van der Waals surface area (Å²) in [5.41, 5.74) is 4.54. The summed E-state index contributed by atoms with van der Waals surface area (Å²) in [5, 5.41) is 6.30. The van der Waals surface area contributed by atoms with Crippen molar-refractivity contribution in [3.8, 4) is 11.1 Å².